The fourth-order valence-corrected chi connectivity index (χ4v) is 5.48. The number of unbranched alkanes of at least 4 members (excludes halogenated alkanes) is 10. The van der Waals surface area contributed by atoms with Crippen molar-refractivity contribution in [3.63, 3.8) is 0 Å². The second-order valence-corrected chi connectivity index (χ2v) is 12.9. The van der Waals surface area contributed by atoms with Crippen molar-refractivity contribution in [2.45, 2.75) is 153 Å². The molecular weight excluding hydrogens is 634 g/mol. The Morgan fingerprint density at radius 3 is 2.11 bits per heavy atom. The Morgan fingerprint density at radius 2 is 1.47 bits per heavy atom. The Hall–Kier alpha value is -1.72. The first-order valence-electron chi connectivity index (χ1n) is 17.0. The molecule has 0 spiro atoms. The highest BCUT2D eigenvalue weighted by Crippen LogP contribution is 2.26. The molecule has 0 aromatic heterocycles. The summed E-state index contributed by atoms with van der Waals surface area (Å²) in [6.45, 7) is 2.99. The van der Waals surface area contributed by atoms with E-state index in [1.807, 2.05) is 12.2 Å². The van der Waals surface area contributed by atoms with E-state index in [1.165, 1.54) is 38.2 Å². The molecule has 47 heavy (non-hydrogen) atoms. The largest absolute Gasteiger partial charge is 0.397 e. The molecule has 0 bridgehead atoms. The van der Waals surface area contributed by atoms with E-state index in [9.17, 15) is 38.7 Å². The first-order chi connectivity index (χ1) is 22.4. The predicted molar refractivity (Wildman–Crippen MR) is 177 cm³/mol. The Morgan fingerprint density at radius 1 is 0.872 bits per heavy atom. The summed E-state index contributed by atoms with van der Waals surface area (Å²) in [5.41, 5.74) is 0. The van der Waals surface area contributed by atoms with Gasteiger partial charge in [-0.2, -0.15) is 8.42 Å². The molecule has 1 aliphatic rings. The van der Waals surface area contributed by atoms with Crippen LogP contribution >= 0.6 is 0 Å². The normalized spacial score (nSPS) is 24.3. The average Bonchev–Trinajstić information content (AvgIpc) is 3.03. The van der Waals surface area contributed by atoms with Gasteiger partial charge in [-0.15, -0.1) is 0 Å². The number of hydrogen-bond donors (Lipinski definition) is 7. The Balaban J connectivity index is 2.79. The van der Waals surface area contributed by atoms with Crippen LogP contribution in [0.1, 0.15) is 104 Å². The van der Waals surface area contributed by atoms with Gasteiger partial charge in [-0.3, -0.25) is 9.35 Å². The van der Waals surface area contributed by atoms with Crippen LogP contribution in [0.25, 0.3) is 0 Å². The summed E-state index contributed by atoms with van der Waals surface area (Å²) < 4.78 is 46.9. The molecule has 1 heterocycles. The SMILES string of the molecule is CCCCCC/C=C/C(O)C(COC1OC(CO)C(O)C(OS(=O)(=O)O)C1O)NC(=O)C(O)C/C=C\C/C=C\CCCCCCCC. The van der Waals surface area contributed by atoms with Gasteiger partial charge in [0.1, 0.15) is 30.5 Å². The number of carbonyl (C=O) groups excluding carboxylic acids is 1. The van der Waals surface area contributed by atoms with Crippen molar-refractivity contribution in [2.24, 2.45) is 0 Å². The molecule has 8 unspecified atom stereocenters. The van der Waals surface area contributed by atoms with Crippen molar-refractivity contribution in [1.29, 1.82) is 0 Å². The van der Waals surface area contributed by atoms with Gasteiger partial charge in [-0.25, -0.2) is 4.18 Å². The second kappa shape index (κ2) is 25.3. The van der Waals surface area contributed by atoms with Gasteiger partial charge in [0.15, 0.2) is 6.29 Å². The summed E-state index contributed by atoms with van der Waals surface area (Å²) in [5.74, 6) is -0.779. The third-order valence-corrected chi connectivity index (χ3v) is 8.25. The lowest BCUT2D eigenvalue weighted by Gasteiger charge is -2.41. The van der Waals surface area contributed by atoms with E-state index in [4.69, 9.17) is 14.0 Å². The molecule has 13 nitrogen and oxygen atoms in total. The zero-order chi connectivity index (χ0) is 35.1. The maximum Gasteiger partial charge on any atom is 0.397 e. The number of aliphatic hydroxyl groups excluding tert-OH is 5. The van der Waals surface area contributed by atoms with Gasteiger partial charge in [0.05, 0.1) is 25.4 Å². The molecule has 0 aromatic rings. The molecule has 0 radical (unpaired) electrons. The number of ether oxygens (including phenoxy) is 2. The molecule has 1 saturated heterocycles. The van der Waals surface area contributed by atoms with Gasteiger partial charge in [-0.1, -0.05) is 102 Å². The Labute approximate surface area is 280 Å². The van der Waals surface area contributed by atoms with Crippen molar-refractivity contribution in [2.75, 3.05) is 13.2 Å². The molecule has 1 fully saturated rings. The lowest BCUT2D eigenvalue weighted by Crippen LogP contribution is -2.61. The first kappa shape index (κ1) is 43.3. The van der Waals surface area contributed by atoms with Crippen LogP contribution in [0.5, 0.6) is 0 Å². The first-order valence-corrected chi connectivity index (χ1v) is 18.3. The van der Waals surface area contributed by atoms with E-state index >= 15 is 0 Å². The van der Waals surface area contributed by atoms with Gasteiger partial charge in [0, 0.05) is 6.42 Å². The van der Waals surface area contributed by atoms with Crippen molar-refractivity contribution in [1.82, 2.24) is 5.32 Å². The lowest BCUT2D eigenvalue weighted by atomic mass is 9.99. The molecule has 7 N–H and O–H groups in total. The molecule has 1 amide bonds. The molecule has 8 atom stereocenters. The fraction of sp³-hybridized carbons (Fsp3) is 0.788. The predicted octanol–water partition coefficient (Wildman–Crippen LogP) is 3.01. The smallest absolute Gasteiger partial charge is 0.394 e. The zero-order valence-corrected chi connectivity index (χ0v) is 28.8. The number of rotatable bonds is 26. The highest BCUT2D eigenvalue weighted by Gasteiger charge is 2.48. The number of allylic oxidation sites excluding steroid dienone is 4. The van der Waals surface area contributed by atoms with Crippen molar-refractivity contribution in [3.05, 3.63) is 36.5 Å². The van der Waals surface area contributed by atoms with Gasteiger partial charge in [-0.05, 0) is 32.1 Å². The van der Waals surface area contributed by atoms with E-state index in [0.29, 0.717) is 12.8 Å². The third-order valence-electron chi connectivity index (χ3n) is 7.78. The molecule has 0 aliphatic carbocycles. The molecular formula is C33H59NO12S. The summed E-state index contributed by atoms with van der Waals surface area (Å²) in [6.07, 6.45) is 13.3. The highest BCUT2D eigenvalue weighted by atomic mass is 32.3. The lowest BCUT2D eigenvalue weighted by molar-refractivity contribution is -0.298. The van der Waals surface area contributed by atoms with E-state index < -0.39 is 78.5 Å². The van der Waals surface area contributed by atoms with E-state index in [2.05, 4.69) is 29.4 Å². The van der Waals surface area contributed by atoms with Gasteiger partial charge in [0.2, 0.25) is 5.91 Å². The second-order valence-electron chi connectivity index (χ2n) is 11.9. The third kappa shape index (κ3) is 19.2. The van der Waals surface area contributed by atoms with Crippen LogP contribution in [0.3, 0.4) is 0 Å². The summed E-state index contributed by atoms with van der Waals surface area (Å²) in [6, 6.07) is -1.14. The molecule has 274 valence electrons. The van der Waals surface area contributed by atoms with Crippen LogP contribution in [-0.2, 0) is 28.9 Å². The number of hydrogen-bond acceptors (Lipinski definition) is 11. The number of amides is 1. The van der Waals surface area contributed by atoms with E-state index in [1.54, 1.807) is 12.2 Å². The van der Waals surface area contributed by atoms with Gasteiger partial charge in [0.25, 0.3) is 0 Å². The maximum absolute atomic E-state index is 12.8. The summed E-state index contributed by atoms with van der Waals surface area (Å²) >= 11 is 0. The zero-order valence-electron chi connectivity index (χ0n) is 27.9. The molecule has 1 rings (SSSR count). The van der Waals surface area contributed by atoms with Crippen molar-refractivity contribution < 1.29 is 57.0 Å². The minimum absolute atomic E-state index is 0.0310. The quantitative estimate of drug-likeness (QED) is 0.0396. The topological polar surface area (TPSA) is 212 Å². The molecule has 1 aliphatic heterocycles. The number of carbonyl (C=O) groups is 1. The maximum atomic E-state index is 12.8. The summed E-state index contributed by atoms with van der Waals surface area (Å²) in [5, 5.41) is 54.2. The van der Waals surface area contributed by atoms with Crippen LogP contribution < -0.4 is 5.32 Å². The fourth-order valence-electron chi connectivity index (χ4n) is 4.97. The minimum atomic E-state index is -5.11. The molecule has 0 aromatic carbocycles. The van der Waals surface area contributed by atoms with Gasteiger partial charge >= 0.3 is 10.4 Å². The standard InChI is InChI=1S/C33H59NO12S/c1-3-5-7-9-11-12-13-14-15-16-18-20-22-27(37)32(40)34-25(26(36)21-19-17-10-8-6-4-2)24-44-33-30(39)31(46-47(41,42)43)29(38)28(23-35)45-33/h14-15,18-21,25-31,33,35-39H,3-13,16-17,22-24H2,1-2H3,(H,34,40)(H,41,42,43)/b15-14-,20-18-,21-19+. The van der Waals surface area contributed by atoms with Crippen LogP contribution in [0, 0.1) is 0 Å². The minimum Gasteiger partial charge on any atom is -0.394 e. The summed E-state index contributed by atoms with van der Waals surface area (Å²) in [4.78, 5) is 12.8. The highest BCUT2D eigenvalue weighted by molar-refractivity contribution is 7.80. The monoisotopic (exact) mass is 693 g/mol. The average molecular weight is 694 g/mol. The number of aliphatic hydroxyl groups is 5. The van der Waals surface area contributed by atoms with Crippen LogP contribution in [0.15, 0.2) is 36.5 Å². The van der Waals surface area contributed by atoms with Crippen molar-refractivity contribution in [3.8, 4) is 0 Å². The number of nitrogens with one attached hydrogen (secondary N) is 1. The van der Waals surface area contributed by atoms with Crippen LogP contribution in [0.2, 0.25) is 0 Å². The Bertz CT molecular complexity index is 1020. The Kier molecular flexibility index (Phi) is 23.3. The molecule has 14 heteroatoms. The van der Waals surface area contributed by atoms with E-state index in [0.717, 1.165) is 38.5 Å². The van der Waals surface area contributed by atoms with Crippen LogP contribution in [0.4, 0.5) is 0 Å². The van der Waals surface area contributed by atoms with E-state index in [-0.39, 0.29) is 6.42 Å². The summed E-state index contributed by atoms with van der Waals surface area (Å²) in [7, 11) is -5.11. The molecule has 0 saturated carbocycles. The van der Waals surface area contributed by atoms with Crippen LogP contribution in [-0.4, -0.2) is 107 Å². The van der Waals surface area contributed by atoms with Crippen molar-refractivity contribution >= 4 is 16.3 Å². The van der Waals surface area contributed by atoms with Gasteiger partial charge < -0.3 is 40.3 Å².